The minimum absolute atomic E-state index is 0.00643. The van der Waals surface area contributed by atoms with Gasteiger partial charge in [0, 0.05) is 54.0 Å². The summed E-state index contributed by atoms with van der Waals surface area (Å²) in [6.45, 7) is -0.574. The first-order valence-corrected chi connectivity index (χ1v) is 20.2. The number of aromatic nitrogens is 5. The molecular weight excluding hydrogens is 812 g/mol. The van der Waals surface area contributed by atoms with Crippen molar-refractivity contribution in [1.82, 2.24) is 29.9 Å². The van der Waals surface area contributed by atoms with Crippen molar-refractivity contribution in [2.24, 2.45) is 13.0 Å². The molecule has 1 amide bonds. The first-order chi connectivity index (χ1) is 27.7. The highest BCUT2D eigenvalue weighted by Gasteiger charge is 2.68. The van der Waals surface area contributed by atoms with Crippen molar-refractivity contribution < 1.29 is 53.8 Å². The number of aryl methyl sites for hydroxylation is 1. The fourth-order valence-corrected chi connectivity index (χ4v) is 8.51. The molecule has 0 spiro atoms. The first kappa shape index (κ1) is 40.3. The largest absolute Gasteiger partial charge is 0.435 e. The Morgan fingerprint density at radius 2 is 1.78 bits per heavy atom. The molecule has 5 aromatic rings. The van der Waals surface area contributed by atoms with E-state index in [4.69, 9.17) is 9.72 Å². The van der Waals surface area contributed by atoms with Crippen molar-refractivity contribution in [2.75, 3.05) is 24.2 Å². The number of hydrogen-bond acceptors (Lipinski definition) is 8. The van der Waals surface area contributed by atoms with Crippen molar-refractivity contribution >= 4 is 32.7 Å². The van der Waals surface area contributed by atoms with Crippen LogP contribution in [0.2, 0.25) is 0 Å². The van der Waals surface area contributed by atoms with E-state index in [0.717, 1.165) is 18.4 Å². The Hall–Kier alpha value is -5.52. The molecule has 3 aliphatic rings. The molecule has 3 aromatic heterocycles. The van der Waals surface area contributed by atoms with E-state index in [0.29, 0.717) is 27.2 Å². The van der Waals surface area contributed by atoms with Crippen LogP contribution in [0.3, 0.4) is 0 Å². The van der Waals surface area contributed by atoms with Crippen LogP contribution in [0.15, 0.2) is 48.5 Å². The van der Waals surface area contributed by atoms with Gasteiger partial charge in [-0.3, -0.25) is 18.9 Å². The zero-order valence-electron chi connectivity index (χ0n) is 31.2. The van der Waals surface area contributed by atoms with Crippen LogP contribution in [-0.2, 0) is 51.7 Å². The molecule has 20 heteroatoms. The molecule has 0 unspecified atom stereocenters. The van der Waals surface area contributed by atoms with Gasteiger partial charge in [0.25, 0.3) is 5.92 Å². The van der Waals surface area contributed by atoms with Crippen molar-refractivity contribution in [2.45, 2.75) is 61.9 Å². The Bertz CT molecular complexity index is 2680. The number of halogens is 7. The van der Waals surface area contributed by atoms with Crippen LogP contribution in [0.5, 0.6) is 0 Å². The number of nitrogens with zero attached hydrogens (tertiary/aromatic N) is 5. The number of para-hydroxylation sites is 1. The lowest BCUT2D eigenvalue weighted by Gasteiger charge is -2.26. The minimum atomic E-state index is -5.08. The maximum Gasteiger partial charge on any atom is 0.435 e. The molecule has 3 N–H and O–H groups in total. The summed E-state index contributed by atoms with van der Waals surface area (Å²) in [5.74, 6) is -3.42. The molecule has 2 aliphatic carbocycles. The van der Waals surface area contributed by atoms with E-state index in [-0.39, 0.29) is 67.2 Å². The summed E-state index contributed by atoms with van der Waals surface area (Å²) in [4.78, 5) is 18.7. The standard InChI is InChI=1S/C39H34F7N7O5S/c1-52-33-25(4-3-5-26(33)36(50-52)51-59(2,56)57)24-7-6-23(8-9-37(55)10-12-58-13-11-37)47-32(24)29(16-20-14-21(40)17-22(41)15-20)48-30(54)19-53-35-31(34(49-53)39(44,45)46)27-18-28(27)38(35,42)43/h3-7,14-15,17,27-29,55H,10-13,16,18-19H2,1-2H3,(H,48,54)(H,50,51)/t27-,28+,29-/m0/s1. The lowest BCUT2D eigenvalue weighted by Crippen LogP contribution is -2.35. The van der Waals surface area contributed by atoms with Gasteiger partial charge in [0.05, 0.1) is 36.7 Å². The summed E-state index contributed by atoms with van der Waals surface area (Å²) in [5, 5.41) is 21.8. The number of carbonyl (C=O) groups excluding carboxylic acids is 1. The van der Waals surface area contributed by atoms with E-state index >= 15 is 8.78 Å². The molecule has 2 fully saturated rings. The Balaban J connectivity index is 1.26. The Kier molecular flexibility index (Phi) is 9.79. The molecule has 0 bridgehead atoms. The molecule has 0 radical (unpaired) electrons. The van der Waals surface area contributed by atoms with Crippen molar-refractivity contribution in [3.05, 3.63) is 94.1 Å². The van der Waals surface area contributed by atoms with Crippen LogP contribution in [0.25, 0.3) is 22.0 Å². The summed E-state index contributed by atoms with van der Waals surface area (Å²) < 4.78 is 136. The molecule has 1 saturated carbocycles. The number of pyridine rings is 1. The average molecular weight is 846 g/mol. The molecule has 310 valence electrons. The van der Waals surface area contributed by atoms with Crippen LogP contribution in [0.1, 0.15) is 65.1 Å². The number of sulfonamides is 1. The monoisotopic (exact) mass is 845 g/mol. The van der Waals surface area contributed by atoms with E-state index in [1.165, 1.54) is 10.7 Å². The number of ether oxygens (including phenoxy) is 1. The zero-order valence-corrected chi connectivity index (χ0v) is 32.0. The number of rotatable bonds is 9. The lowest BCUT2D eigenvalue weighted by atomic mass is 9.93. The third kappa shape index (κ3) is 7.85. The van der Waals surface area contributed by atoms with Gasteiger partial charge >= 0.3 is 6.18 Å². The van der Waals surface area contributed by atoms with Gasteiger partial charge in [-0.15, -0.1) is 0 Å². The molecule has 12 nitrogen and oxygen atoms in total. The van der Waals surface area contributed by atoms with Crippen molar-refractivity contribution in [1.29, 1.82) is 0 Å². The van der Waals surface area contributed by atoms with Gasteiger partial charge in [-0.2, -0.15) is 32.1 Å². The van der Waals surface area contributed by atoms with Gasteiger partial charge in [0.2, 0.25) is 15.9 Å². The molecule has 59 heavy (non-hydrogen) atoms. The Labute approximate surface area is 331 Å². The highest BCUT2D eigenvalue weighted by molar-refractivity contribution is 7.92. The van der Waals surface area contributed by atoms with Gasteiger partial charge in [0.15, 0.2) is 11.5 Å². The van der Waals surface area contributed by atoms with E-state index in [1.807, 2.05) is 0 Å². The molecular formula is C39H34F7N7O5S. The summed E-state index contributed by atoms with van der Waals surface area (Å²) in [6, 6.07) is 9.19. The van der Waals surface area contributed by atoms with Gasteiger partial charge in [-0.1, -0.05) is 18.1 Å². The topological polar surface area (TPSA) is 153 Å². The normalized spacial score (nSPS) is 19.7. The number of benzene rings is 2. The molecule has 8 rings (SSSR count). The maximum atomic E-state index is 15.4. The Morgan fingerprint density at radius 3 is 2.46 bits per heavy atom. The van der Waals surface area contributed by atoms with Crippen LogP contribution >= 0.6 is 0 Å². The summed E-state index contributed by atoms with van der Waals surface area (Å²) >= 11 is 0. The fourth-order valence-electron chi connectivity index (χ4n) is 8.01. The molecule has 4 heterocycles. The summed E-state index contributed by atoms with van der Waals surface area (Å²) in [5.41, 5.74) is -3.42. The smallest absolute Gasteiger partial charge is 0.381 e. The number of hydrogen-bond donors (Lipinski definition) is 3. The molecule has 1 saturated heterocycles. The van der Waals surface area contributed by atoms with Crippen molar-refractivity contribution in [3.8, 4) is 23.0 Å². The SMILES string of the molecule is Cn1nc(NS(C)(=O)=O)c2cccc(-c3ccc(C#CC4(O)CCOCC4)nc3[C@H](Cc3cc(F)cc(F)c3)NC(=O)Cn3nc(C(F)(F)F)c4c3C(F)(F)[C@@H]3C[C@H]43)c21. The van der Waals surface area contributed by atoms with Gasteiger partial charge in [0.1, 0.15) is 35.2 Å². The number of alkyl halides is 5. The molecule has 1 aliphatic heterocycles. The second-order valence-electron chi connectivity index (χ2n) is 15.0. The first-order valence-electron chi connectivity index (χ1n) is 18.3. The highest BCUT2D eigenvalue weighted by atomic mass is 32.2. The number of fused-ring (bicyclic) bond motifs is 4. The van der Waals surface area contributed by atoms with Crippen LogP contribution in [0.4, 0.5) is 36.6 Å². The van der Waals surface area contributed by atoms with Gasteiger partial charge < -0.3 is 15.2 Å². The lowest BCUT2D eigenvalue weighted by molar-refractivity contribution is -0.142. The highest BCUT2D eigenvalue weighted by Crippen LogP contribution is 2.68. The van der Waals surface area contributed by atoms with Gasteiger partial charge in [-0.25, -0.2) is 22.2 Å². The van der Waals surface area contributed by atoms with Gasteiger partial charge in [-0.05, 0) is 60.6 Å². The summed E-state index contributed by atoms with van der Waals surface area (Å²) in [6.07, 6.45) is -4.26. The number of aliphatic hydroxyl groups is 1. The number of anilines is 1. The minimum Gasteiger partial charge on any atom is -0.381 e. The van der Waals surface area contributed by atoms with Crippen LogP contribution in [0, 0.1) is 29.4 Å². The molecule has 3 atom stereocenters. The quantitative estimate of drug-likeness (QED) is 0.126. The maximum absolute atomic E-state index is 15.4. The van der Waals surface area contributed by atoms with E-state index in [2.05, 4.69) is 32.1 Å². The van der Waals surface area contributed by atoms with Crippen LogP contribution in [-0.4, -0.2) is 69.0 Å². The zero-order chi connectivity index (χ0) is 42.2. The number of amides is 1. The Morgan fingerprint density at radius 1 is 1.07 bits per heavy atom. The third-order valence-corrected chi connectivity index (χ3v) is 11.2. The number of nitrogens with one attached hydrogen (secondary N) is 2. The fraction of sp³-hybridized carbons (Fsp3) is 0.385. The second kappa shape index (κ2) is 14.3. The predicted molar refractivity (Wildman–Crippen MR) is 197 cm³/mol. The predicted octanol–water partition coefficient (Wildman–Crippen LogP) is 5.70. The van der Waals surface area contributed by atoms with E-state index in [9.17, 15) is 40.3 Å². The number of carbonyl (C=O) groups is 1. The average Bonchev–Trinajstić information content (AvgIpc) is 3.69. The summed E-state index contributed by atoms with van der Waals surface area (Å²) in [7, 11) is -2.24. The van der Waals surface area contributed by atoms with Crippen molar-refractivity contribution in [3.63, 3.8) is 0 Å². The molecule has 2 aromatic carbocycles. The second-order valence-corrected chi connectivity index (χ2v) is 16.8. The third-order valence-electron chi connectivity index (χ3n) is 10.6. The van der Waals surface area contributed by atoms with E-state index < -0.39 is 86.6 Å². The van der Waals surface area contributed by atoms with Crippen LogP contribution < -0.4 is 10.0 Å². The van der Waals surface area contributed by atoms with E-state index in [1.54, 1.807) is 31.3 Å².